The fourth-order valence-electron chi connectivity index (χ4n) is 2.34. The molecule has 1 heterocycles. The van der Waals surface area contributed by atoms with Gasteiger partial charge in [-0.25, -0.2) is 4.39 Å². The molecule has 0 unspecified atom stereocenters. The van der Waals surface area contributed by atoms with Crippen LogP contribution in [0.5, 0.6) is 0 Å². The number of hydrogen-bond acceptors (Lipinski definition) is 2. The minimum Gasteiger partial charge on any atom is -0.317 e. The van der Waals surface area contributed by atoms with Gasteiger partial charge in [0.2, 0.25) is 0 Å². The first-order valence-corrected chi connectivity index (χ1v) is 6.05. The molecule has 17 heavy (non-hydrogen) atoms. The molecule has 1 aromatic carbocycles. The number of aryl methyl sites for hydroxylation is 1. The summed E-state index contributed by atoms with van der Waals surface area (Å²) < 4.78 is 13.2. The van der Waals surface area contributed by atoms with Gasteiger partial charge in [-0.05, 0) is 56.6 Å². The zero-order chi connectivity index (χ0) is 12.5. The van der Waals surface area contributed by atoms with Crippen molar-refractivity contribution in [3.63, 3.8) is 0 Å². The van der Waals surface area contributed by atoms with Crippen molar-refractivity contribution in [3.05, 3.63) is 35.1 Å². The average molecular weight is 235 g/mol. The molecule has 0 amide bonds. The normalized spacial score (nSPS) is 19.0. The number of piperidine rings is 1. The van der Waals surface area contributed by atoms with Crippen LogP contribution in [0.4, 0.5) is 4.39 Å². The van der Waals surface area contributed by atoms with Crippen molar-refractivity contribution in [1.29, 1.82) is 0 Å². The zero-order valence-corrected chi connectivity index (χ0v) is 10.3. The van der Waals surface area contributed by atoms with Gasteiger partial charge in [0.15, 0.2) is 5.78 Å². The van der Waals surface area contributed by atoms with Crippen LogP contribution in [0.25, 0.3) is 0 Å². The van der Waals surface area contributed by atoms with E-state index in [0.717, 1.165) is 25.9 Å². The third kappa shape index (κ3) is 2.39. The number of nitrogens with one attached hydrogen (secondary N) is 1. The van der Waals surface area contributed by atoms with Crippen LogP contribution in [0, 0.1) is 18.2 Å². The first-order valence-electron chi connectivity index (χ1n) is 6.05. The summed E-state index contributed by atoms with van der Waals surface area (Å²) in [6, 6.07) is 4.63. The third-order valence-corrected chi connectivity index (χ3v) is 3.68. The fourth-order valence-corrected chi connectivity index (χ4v) is 2.34. The second kappa shape index (κ2) is 4.57. The topological polar surface area (TPSA) is 29.1 Å². The first-order chi connectivity index (χ1) is 8.03. The molecule has 1 aliphatic heterocycles. The van der Waals surface area contributed by atoms with Crippen molar-refractivity contribution in [2.24, 2.45) is 5.41 Å². The Kier molecular flexibility index (Phi) is 3.29. The summed E-state index contributed by atoms with van der Waals surface area (Å²) in [6.07, 6.45) is 1.70. The van der Waals surface area contributed by atoms with E-state index in [-0.39, 0.29) is 17.0 Å². The zero-order valence-electron chi connectivity index (χ0n) is 10.3. The molecule has 1 fully saturated rings. The molecule has 0 aromatic heterocycles. The van der Waals surface area contributed by atoms with Crippen LogP contribution in [0.3, 0.4) is 0 Å². The highest BCUT2D eigenvalue weighted by atomic mass is 19.1. The van der Waals surface area contributed by atoms with E-state index >= 15 is 0 Å². The summed E-state index contributed by atoms with van der Waals surface area (Å²) in [5.41, 5.74) is 0.872. The molecule has 92 valence electrons. The number of carbonyl (C=O) groups is 1. The number of carbonyl (C=O) groups excluding carboxylic acids is 1. The van der Waals surface area contributed by atoms with Gasteiger partial charge in [-0.15, -0.1) is 0 Å². The van der Waals surface area contributed by atoms with E-state index in [1.165, 1.54) is 6.07 Å². The van der Waals surface area contributed by atoms with Gasteiger partial charge < -0.3 is 5.32 Å². The van der Waals surface area contributed by atoms with Crippen LogP contribution >= 0.6 is 0 Å². The second-order valence-corrected chi connectivity index (χ2v) is 5.10. The van der Waals surface area contributed by atoms with Gasteiger partial charge in [-0.2, -0.15) is 0 Å². The van der Waals surface area contributed by atoms with Gasteiger partial charge in [0.1, 0.15) is 5.82 Å². The van der Waals surface area contributed by atoms with Crippen molar-refractivity contribution >= 4 is 5.78 Å². The minimum atomic E-state index is -0.296. The summed E-state index contributed by atoms with van der Waals surface area (Å²) in [5.74, 6) is -0.112. The van der Waals surface area contributed by atoms with Crippen LogP contribution in [0.2, 0.25) is 0 Å². The Labute approximate surface area is 101 Å². The van der Waals surface area contributed by atoms with Gasteiger partial charge >= 0.3 is 0 Å². The summed E-state index contributed by atoms with van der Waals surface area (Å²) in [4.78, 5) is 12.4. The smallest absolute Gasteiger partial charge is 0.168 e. The van der Waals surface area contributed by atoms with Crippen LogP contribution in [0.1, 0.15) is 35.7 Å². The molecular formula is C14H18FNO. The van der Waals surface area contributed by atoms with E-state index in [4.69, 9.17) is 0 Å². The Morgan fingerprint density at radius 1 is 1.35 bits per heavy atom. The van der Waals surface area contributed by atoms with Crippen molar-refractivity contribution in [1.82, 2.24) is 5.32 Å². The Morgan fingerprint density at radius 3 is 2.59 bits per heavy atom. The number of benzene rings is 1. The third-order valence-electron chi connectivity index (χ3n) is 3.68. The predicted molar refractivity (Wildman–Crippen MR) is 65.7 cm³/mol. The lowest BCUT2D eigenvalue weighted by atomic mass is 9.75. The minimum absolute atomic E-state index is 0.141. The lowest BCUT2D eigenvalue weighted by Crippen LogP contribution is -2.40. The molecule has 3 heteroatoms. The predicted octanol–water partition coefficient (Wildman–Crippen LogP) is 2.71. The summed E-state index contributed by atoms with van der Waals surface area (Å²) >= 11 is 0. The second-order valence-electron chi connectivity index (χ2n) is 5.10. The van der Waals surface area contributed by atoms with Crippen LogP contribution < -0.4 is 5.32 Å². The van der Waals surface area contributed by atoms with E-state index in [1.807, 2.05) is 6.92 Å². The van der Waals surface area contributed by atoms with E-state index in [0.29, 0.717) is 11.1 Å². The standard InChI is InChI=1S/C14H18FNO/c1-10-9-11(3-4-12(10)15)13(17)14(2)5-7-16-8-6-14/h3-4,9,16H,5-8H2,1-2H3. The van der Waals surface area contributed by atoms with E-state index in [9.17, 15) is 9.18 Å². The van der Waals surface area contributed by atoms with Gasteiger partial charge in [-0.3, -0.25) is 4.79 Å². The Hall–Kier alpha value is -1.22. The molecule has 0 saturated carbocycles. The molecule has 0 atom stereocenters. The maximum atomic E-state index is 13.2. The Balaban J connectivity index is 2.26. The summed E-state index contributed by atoms with van der Waals surface area (Å²) in [6.45, 7) is 5.45. The SMILES string of the molecule is Cc1cc(C(=O)C2(C)CCNCC2)ccc1F. The maximum Gasteiger partial charge on any atom is 0.168 e. The van der Waals surface area contributed by atoms with Crippen molar-refractivity contribution in [2.45, 2.75) is 26.7 Å². The maximum absolute atomic E-state index is 13.2. The van der Waals surface area contributed by atoms with Gasteiger partial charge in [0.25, 0.3) is 0 Å². The Bertz CT molecular complexity index is 436. The number of hydrogen-bond donors (Lipinski definition) is 1. The molecule has 1 aromatic rings. The van der Waals surface area contributed by atoms with Crippen molar-refractivity contribution in [3.8, 4) is 0 Å². The summed E-state index contributed by atoms with van der Waals surface area (Å²) in [5, 5.41) is 3.25. The van der Waals surface area contributed by atoms with Crippen LogP contribution in [-0.4, -0.2) is 18.9 Å². The molecular weight excluding hydrogens is 217 g/mol. The monoisotopic (exact) mass is 235 g/mol. The van der Waals surface area contributed by atoms with Crippen LogP contribution in [0.15, 0.2) is 18.2 Å². The van der Waals surface area contributed by atoms with Crippen molar-refractivity contribution < 1.29 is 9.18 Å². The number of rotatable bonds is 2. The molecule has 1 aliphatic rings. The van der Waals surface area contributed by atoms with E-state index < -0.39 is 0 Å². The Morgan fingerprint density at radius 2 is 2.00 bits per heavy atom. The highest BCUT2D eigenvalue weighted by Crippen LogP contribution is 2.32. The molecule has 0 aliphatic carbocycles. The molecule has 1 N–H and O–H groups in total. The van der Waals surface area contributed by atoms with Gasteiger partial charge in [-0.1, -0.05) is 6.92 Å². The van der Waals surface area contributed by atoms with Gasteiger partial charge in [0, 0.05) is 11.0 Å². The highest BCUT2D eigenvalue weighted by molar-refractivity contribution is 6.00. The van der Waals surface area contributed by atoms with E-state index in [1.54, 1.807) is 19.1 Å². The van der Waals surface area contributed by atoms with E-state index in [2.05, 4.69) is 5.32 Å². The average Bonchev–Trinajstić information content (AvgIpc) is 2.33. The largest absolute Gasteiger partial charge is 0.317 e. The molecule has 0 radical (unpaired) electrons. The molecule has 2 nitrogen and oxygen atoms in total. The number of ketones is 1. The number of halogens is 1. The molecule has 0 bridgehead atoms. The first kappa shape index (κ1) is 12.2. The van der Waals surface area contributed by atoms with Crippen LogP contribution in [-0.2, 0) is 0 Å². The number of Topliss-reactive ketones (excluding diaryl/α,β-unsaturated/α-hetero) is 1. The molecule has 2 rings (SSSR count). The fraction of sp³-hybridized carbons (Fsp3) is 0.500. The lowest BCUT2D eigenvalue weighted by Gasteiger charge is -2.32. The highest BCUT2D eigenvalue weighted by Gasteiger charge is 2.35. The molecule has 1 saturated heterocycles. The van der Waals surface area contributed by atoms with Crippen molar-refractivity contribution in [2.75, 3.05) is 13.1 Å². The molecule has 0 spiro atoms. The lowest BCUT2D eigenvalue weighted by molar-refractivity contribution is 0.0762. The quantitative estimate of drug-likeness (QED) is 0.798. The summed E-state index contributed by atoms with van der Waals surface area (Å²) in [7, 11) is 0. The van der Waals surface area contributed by atoms with Gasteiger partial charge in [0.05, 0.1) is 0 Å².